The van der Waals surface area contributed by atoms with Crippen molar-refractivity contribution in [2.75, 3.05) is 0 Å². The summed E-state index contributed by atoms with van der Waals surface area (Å²) in [6.45, 7) is 118. The van der Waals surface area contributed by atoms with Crippen molar-refractivity contribution in [3.05, 3.63) is 218 Å². The third-order valence-corrected chi connectivity index (χ3v) is 29.6. The number of rotatable bonds is 27. The number of aromatic nitrogens is 17. The average Bonchev–Trinajstić information content (AvgIpc) is 1.82. The topological polar surface area (TPSA) is 177 Å². The molecule has 12 aromatic heterocycles. The predicted octanol–water partition coefficient (Wildman–Crippen LogP) is 39.3. The molecule has 0 radical (unpaired) electrons. The highest BCUT2D eigenvalue weighted by atomic mass is 32.1. The maximum absolute atomic E-state index is 5.03. The fourth-order valence-electron chi connectivity index (χ4n) is 13.7. The highest BCUT2D eigenvalue weighted by Gasteiger charge is 2.22. The Morgan fingerprint density at radius 3 is 1.02 bits per heavy atom. The van der Waals surface area contributed by atoms with Crippen LogP contribution in [0.15, 0.2) is 109 Å². The van der Waals surface area contributed by atoms with E-state index in [4.69, 9.17) is 4.52 Å². The maximum Gasteiger partial charge on any atom is 0.229 e. The van der Waals surface area contributed by atoms with E-state index in [9.17, 15) is 0 Å². The van der Waals surface area contributed by atoms with Crippen LogP contribution in [-0.2, 0) is 7.05 Å². The van der Waals surface area contributed by atoms with E-state index in [0.29, 0.717) is 161 Å². The summed E-state index contributed by atoms with van der Waals surface area (Å²) in [6, 6.07) is 14.3. The Labute approximate surface area is 885 Å². The standard InChI is InChI=1S/C13H23N.C13H22S.C12H22N2.C10H18N2.C10H16S.4C9H16N2.2C9H15NS.C8H14N2O/c1-9(2)12-7-8-14(11(5)6)13(12)10(3)4;1-8(2)11-7-12(9(3)4)14-13(11)10(5)6;1-8(2)11-7-14(10(5)6)13-12(11)9(3)4;1-7(2)9-6-12(5)10(11-9)8(3)4;1-7(2)9-5-6-10(11-9)8(3)4;1-7(2)9-5-11(6-10-9)8(3)4;2*1-7(2)9-5-10-11(6-9)8(3)4;1-7(2)9-5-6-11(10-9)8(3)4;1-6(2)8-5-11-9(10-8)7(3)4;1-6(2)8-5-10-9(11-8)7(3)4;1-5(2)7-9-8(6(3)4)11-10-7/h7-11H,1-6H3;2*7-10H,1-6H3;6-8H,1-5H3;5*5-8H,1-4H3;2*5-7H,1-4H3;5-6H,1-4H3. The van der Waals surface area contributed by atoms with E-state index < -0.39 is 0 Å². The van der Waals surface area contributed by atoms with Crippen LogP contribution in [-0.4, -0.2) is 82.9 Å². The van der Waals surface area contributed by atoms with E-state index in [1.54, 1.807) is 21.8 Å². The van der Waals surface area contributed by atoms with Gasteiger partial charge in [-0.05, 0) is 236 Å². The van der Waals surface area contributed by atoms with Gasteiger partial charge in [0.25, 0.3) is 0 Å². The van der Waals surface area contributed by atoms with Crippen LogP contribution in [0.4, 0.5) is 0 Å². The number of imidazole rings is 2. The molecule has 0 atom stereocenters. The molecule has 0 saturated heterocycles. The van der Waals surface area contributed by atoms with Gasteiger partial charge in [0.2, 0.25) is 5.89 Å². The molecule has 12 aromatic rings. The smallest absolute Gasteiger partial charge is 0.229 e. The van der Waals surface area contributed by atoms with Gasteiger partial charge in [0.05, 0.1) is 57.2 Å². The van der Waals surface area contributed by atoms with Gasteiger partial charge in [-0.2, -0.15) is 25.4 Å². The molecule has 0 aliphatic heterocycles. The number of thiophene rings is 2. The second-order valence-corrected chi connectivity index (χ2v) is 50.6. The zero-order valence-electron chi connectivity index (χ0n) is 101. The molecule has 0 saturated carbocycles. The number of hydrogen-bond acceptors (Lipinski definition) is 15. The lowest BCUT2D eigenvalue weighted by molar-refractivity contribution is 0.359. The molecule has 0 bridgehead atoms. The van der Waals surface area contributed by atoms with Gasteiger partial charge >= 0.3 is 0 Å². The normalized spacial score (nSPS) is 11.6. The first-order valence-corrected chi connectivity index (χ1v) is 57.5. The van der Waals surface area contributed by atoms with E-state index in [0.717, 1.165) is 11.7 Å². The molecule has 22 heteroatoms. The number of thiazole rings is 2. The second-order valence-electron chi connectivity index (χ2n) is 46.3. The molecule has 0 amide bonds. The minimum Gasteiger partial charge on any atom is -0.348 e. The predicted molar refractivity (Wildman–Crippen MR) is 624 cm³/mol. The molecule has 142 heavy (non-hydrogen) atoms. The average molecular weight is 2030 g/mol. The number of hydrogen-bond donors (Lipinski definition) is 0. The maximum atomic E-state index is 5.03. The largest absolute Gasteiger partial charge is 0.348 e. The van der Waals surface area contributed by atoms with Crippen LogP contribution < -0.4 is 0 Å². The van der Waals surface area contributed by atoms with Crippen molar-refractivity contribution in [1.29, 1.82) is 0 Å². The molecular weight excluding hydrogens is 1820 g/mol. The lowest BCUT2D eigenvalue weighted by Crippen LogP contribution is -2.08. The fraction of sp³-hybridized carbons (Fsp3) is 0.683. The molecule has 12 rings (SSSR count). The van der Waals surface area contributed by atoms with Gasteiger partial charge in [0.15, 0.2) is 5.82 Å². The third kappa shape index (κ3) is 46.6. The second kappa shape index (κ2) is 65.1. The highest BCUT2D eigenvalue weighted by Crippen LogP contribution is 2.39. The molecule has 0 aromatic carbocycles. The fourth-order valence-corrected chi connectivity index (χ4v) is 17.9. The lowest BCUT2D eigenvalue weighted by atomic mass is 9.97. The van der Waals surface area contributed by atoms with Crippen molar-refractivity contribution < 1.29 is 4.52 Å². The Bertz CT molecular complexity index is 4320. The van der Waals surface area contributed by atoms with Crippen LogP contribution in [0.2, 0.25) is 0 Å². The zero-order valence-corrected chi connectivity index (χ0v) is 104. The first-order chi connectivity index (χ1) is 65.7. The number of nitrogens with zero attached hydrogens (tertiary/aromatic N) is 17. The Hall–Kier alpha value is -7.66. The molecule has 0 unspecified atom stereocenters. The molecule has 0 aliphatic carbocycles. The Balaban J connectivity index is 0.000000775. The van der Waals surface area contributed by atoms with Gasteiger partial charge in [-0.1, -0.05) is 296 Å². The SMILES string of the molecule is CC(C)c1cc(C(C)C)c(C(C)C)s1.CC(C)c1ccc(C(C)C)s1.CC(C)c1ccn(C(C)C)c1C(C)C.CC(C)c1ccn(C(C)C)n1.CC(C)c1cn(C(C)C)cn1.CC(C)c1cn(C(C)C)nc1C(C)C.CC(C)c1cn(C)c(C(C)C)n1.CC(C)c1cnc(C(C)C)s1.CC(C)c1cnn(C(C)C)c1.CC(C)c1cnn(C(C)C)c1.CC(C)c1csc(C(C)C)n1.CC(C)c1noc(C(C)C)n1. The summed E-state index contributed by atoms with van der Waals surface area (Å²) in [6.07, 6.45) is 22.8. The molecule has 18 nitrogen and oxygen atoms in total. The first kappa shape index (κ1) is 132. The molecule has 0 spiro atoms. The molecule has 804 valence electrons. The van der Waals surface area contributed by atoms with Crippen molar-refractivity contribution in [2.24, 2.45) is 7.05 Å². The van der Waals surface area contributed by atoms with Gasteiger partial charge in [-0.15, -0.1) is 45.3 Å². The molecule has 12 heterocycles. The van der Waals surface area contributed by atoms with Gasteiger partial charge in [-0.25, -0.2) is 19.9 Å². The van der Waals surface area contributed by atoms with E-state index in [1.165, 1.54) is 91.8 Å². The van der Waals surface area contributed by atoms with Crippen LogP contribution >= 0.6 is 45.3 Å². The molecular formula is C120H209N17OS4. The minimum atomic E-state index is 0.329. The summed E-state index contributed by atoms with van der Waals surface area (Å²) in [5.74, 6) is 14.7. The van der Waals surface area contributed by atoms with E-state index in [2.05, 4.69) is 509 Å². The van der Waals surface area contributed by atoms with Crippen molar-refractivity contribution in [1.82, 2.24) is 82.9 Å². The summed E-state index contributed by atoms with van der Waals surface area (Å²) in [7, 11) is 2.06. The van der Waals surface area contributed by atoms with E-state index in [-0.39, 0.29) is 0 Å². The minimum absolute atomic E-state index is 0.329. The van der Waals surface area contributed by atoms with Crippen LogP contribution in [0.5, 0.6) is 0 Å². The number of aryl methyl sites for hydroxylation is 1. The van der Waals surface area contributed by atoms with Crippen molar-refractivity contribution >= 4 is 45.3 Å². The molecule has 0 fully saturated rings. The van der Waals surface area contributed by atoms with E-state index >= 15 is 0 Å². The van der Waals surface area contributed by atoms with Gasteiger partial charge in [-0.3, -0.25) is 18.7 Å². The van der Waals surface area contributed by atoms with Gasteiger partial charge in [0, 0.05) is 158 Å². The van der Waals surface area contributed by atoms with Crippen molar-refractivity contribution in [2.45, 2.75) is 534 Å². The monoisotopic (exact) mass is 2030 g/mol. The molecule has 0 N–H and O–H groups in total. The van der Waals surface area contributed by atoms with Crippen LogP contribution in [0.1, 0.15) is 648 Å². The summed E-state index contributed by atoms with van der Waals surface area (Å²) in [4.78, 5) is 29.5. The van der Waals surface area contributed by atoms with Crippen molar-refractivity contribution in [3.8, 4) is 0 Å². The zero-order chi connectivity index (χ0) is 109. The summed E-state index contributed by atoms with van der Waals surface area (Å²) >= 11 is 7.57. The summed E-state index contributed by atoms with van der Waals surface area (Å²) in [5.41, 5.74) is 14.7. The lowest BCUT2D eigenvalue weighted by Gasteiger charge is -2.18. The Morgan fingerprint density at radius 1 is 0.296 bits per heavy atom. The Kier molecular flexibility index (Phi) is 60.7. The highest BCUT2D eigenvalue weighted by molar-refractivity contribution is 7.12. The van der Waals surface area contributed by atoms with Crippen molar-refractivity contribution in [3.63, 3.8) is 0 Å². The van der Waals surface area contributed by atoms with E-state index in [1.807, 2.05) is 93.0 Å². The third-order valence-electron chi connectivity index (χ3n) is 23.4. The van der Waals surface area contributed by atoms with Gasteiger partial charge < -0.3 is 18.2 Å². The summed E-state index contributed by atoms with van der Waals surface area (Å²) in [5, 5.41) is 26.1. The first-order valence-electron chi connectivity index (χ1n) is 54.2. The molecule has 0 aliphatic rings. The van der Waals surface area contributed by atoms with Crippen LogP contribution in [0.25, 0.3) is 0 Å². The Morgan fingerprint density at radius 2 is 0.768 bits per heavy atom. The quantitative estimate of drug-likeness (QED) is 0.0479. The van der Waals surface area contributed by atoms with Crippen LogP contribution in [0, 0.1) is 0 Å². The van der Waals surface area contributed by atoms with Crippen LogP contribution in [0.3, 0.4) is 0 Å². The van der Waals surface area contributed by atoms with Gasteiger partial charge in [0.1, 0.15) is 5.82 Å². The summed E-state index contributed by atoms with van der Waals surface area (Å²) < 4.78 is 19.7.